The van der Waals surface area contributed by atoms with Crippen LogP contribution in [0.1, 0.15) is 18.3 Å². The molecule has 5 nitrogen and oxygen atoms in total. The second-order valence-corrected chi connectivity index (χ2v) is 5.52. The molecule has 2 N–H and O–H groups in total. The van der Waals surface area contributed by atoms with Crippen molar-refractivity contribution in [2.45, 2.75) is 20.4 Å². The van der Waals surface area contributed by atoms with Crippen molar-refractivity contribution in [2.24, 2.45) is 5.73 Å². The largest absolute Gasteiger partial charge is 0.490 e. The average Bonchev–Trinajstić information content (AvgIpc) is 2.63. The summed E-state index contributed by atoms with van der Waals surface area (Å²) in [5.74, 6) is 2.39. The van der Waals surface area contributed by atoms with Crippen molar-refractivity contribution < 1.29 is 9.47 Å². The first kappa shape index (κ1) is 16.9. The molecule has 0 bridgehead atoms. The number of hydrogen-bond donors (Lipinski definition) is 1. The second kappa shape index (κ2) is 7.77. The van der Waals surface area contributed by atoms with E-state index in [0.717, 1.165) is 16.8 Å². The summed E-state index contributed by atoms with van der Waals surface area (Å²) in [6, 6.07) is 17.4. The zero-order valence-electron chi connectivity index (χ0n) is 14.4. The van der Waals surface area contributed by atoms with Gasteiger partial charge in [0.25, 0.3) is 0 Å². The summed E-state index contributed by atoms with van der Waals surface area (Å²) in [6.45, 7) is 4.77. The maximum Gasteiger partial charge on any atom is 0.223 e. The van der Waals surface area contributed by atoms with Gasteiger partial charge in [-0.25, -0.2) is 4.98 Å². The Bertz CT molecular complexity index is 851. The van der Waals surface area contributed by atoms with Crippen LogP contribution in [-0.2, 0) is 6.54 Å². The Morgan fingerprint density at radius 1 is 0.960 bits per heavy atom. The van der Waals surface area contributed by atoms with Gasteiger partial charge >= 0.3 is 0 Å². The molecule has 0 saturated carbocycles. The molecule has 0 fully saturated rings. The third-order valence-electron chi connectivity index (χ3n) is 3.64. The summed E-state index contributed by atoms with van der Waals surface area (Å²) < 4.78 is 11.7. The van der Waals surface area contributed by atoms with Gasteiger partial charge in [-0.05, 0) is 31.5 Å². The van der Waals surface area contributed by atoms with Crippen LogP contribution in [0.4, 0.5) is 0 Å². The van der Waals surface area contributed by atoms with Crippen LogP contribution in [-0.4, -0.2) is 16.6 Å². The minimum atomic E-state index is 0.450. The minimum Gasteiger partial charge on any atom is -0.490 e. The normalized spacial score (nSPS) is 10.5. The Morgan fingerprint density at radius 2 is 1.76 bits per heavy atom. The Kier molecular flexibility index (Phi) is 5.26. The van der Waals surface area contributed by atoms with Crippen LogP contribution in [0.5, 0.6) is 17.4 Å². The van der Waals surface area contributed by atoms with Gasteiger partial charge in [-0.3, -0.25) is 0 Å². The zero-order chi connectivity index (χ0) is 17.6. The fraction of sp³-hybridized carbons (Fsp3) is 0.200. The summed E-state index contributed by atoms with van der Waals surface area (Å²) in [5, 5.41) is 0. The molecule has 3 rings (SSSR count). The number of hydrogen-bond acceptors (Lipinski definition) is 5. The summed E-state index contributed by atoms with van der Waals surface area (Å²) in [7, 11) is 0. The van der Waals surface area contributed by atoms with Crippen molar-refractivity contribution in [2.75, 3.05) is 6.61 Å². The molecule has 25 heavy (non-hydrogen) atoms. The molecule has 0 amide bonds. The number of nitrogens with zero attached hydrogens (tertiary/aromatic N) is 2. The molecule has 5 heteroatoms. The van der Waals surface area contributed by atoms with Gasteiger partial charge in [-0.1, -0.05) is 36.4 Å². The average molecular weight is 335 g/mol. The molecule has 0 saturated heterocycles. The van der Waals surface area contributed by atoms with Crippen molar-refractivity contribution in [1.82, 2.24) is 9.97 Å². The van der Waals surface area contributed by atoms with Crippen LogP contribution < -0.4 is 15.2 Å². The first-order valence-electron chi connectivity index (χ1n) is 8.24. The zero-order valence-corrected chi connectivity index (χ0v) is 14.4. The van der Waals surface area contributed by atoms with E-state index in [4.69, 9.17) is 15.2 Å². The first-order chi connectivity index (χ1) is 12.2. The highest BCUT2D eigenvalue weighted by Gasteiger charge is 2.11. The van der Waals surface area contributed by atoms with Crippen LogP contribution in [0.25, 0.3) is 11.3 Å². The van der Waals surface area contributed by atoms with Gasteiger partial charge in [0.1, 0.15) is 5.82 Å². The molecule has 0 aliphatic carbocycles. The molecule has 3 aromatic rings. The lowest BCUT2D eigenvalue weighted by Crippen LogP contribution is -2.01. The molecular weight excluding hydrogens is 314 g/mol. The lowest BCUT2D eigenvalue weighted by atomic mass is 10.1. The van der Waals surface area contributed by atoms with Crippen molar-refractivity contribution in [1.29, 1.82) is 0 Å². The summed E-state index contributed by atoms with van der Waals surface area (Å²) >= 11 is 0. The predicted octanol–water partition coefficient (Wildman–Crippen LogP) is 4.10. The molecule has 1 aromatic heterocycles. The topological polar surface area (TPSA) is 70.3 Å². The number of nitrogens with two attached hydrogens (primary N) is 1. The lowest BCUT2D eigenvalue weighted by molar-refractivity contribution is 0.319. The van der Waals surface area contributed by atoms with Gasteiger partial charge in [0.2, 0.25) is 5.88 Å². The Hall–Kier alpha value is -2.92. The number of ether oxygens (including phenoxy) is 2. The van der Waals surface area contributed by atoms with E-state index in [9.17, 15) is 0 Å². The number of rotatable bonds is 6. The minimum absolute atomic E-state index is 0.450. The Balaban J connectivity index is 1.94. The Morgan fingerprint density at radius 3 is 2.48 bits per heavy atom. The van der Waals surface area contributed by atoms with Gasteiger partial charge in [0.15, 0.2) is 11.5 Å². The van der Waals surface area contributed by atoms with E-state index in [1.807, 2.05) is 68.4 Å². The van der Waals surface area contributed by atoms with Crippen LogP contribution in [0.3, 0.4) is 0 Å². The fourth-order valence-corrected chi connectivity index (χ4v) is 2.49. The van der Waals surface area contributed by atoms with E-state index in [1.54, 1.807) is 0 Å². The van der Waals surface area contributed by atoms with E-state index >= 15 is 0 Å². The van der Waals surface area contributed by atoms with Gasteiger partial charge < -0.3 is 15.2 Å². The summed E-state index contributed by atoms with van der Waals surface area (Å²) in [4.78, 5) is 8.88. The number of aryl methyl sites for hydroxylation is 1. The smallest absolute Gasteiger partial charge is 0.223 e. The number of benzene rings is 2. The standard InChI is InChI=1S/C20H21N3O2/c1-3-24-19-11-15(13-21)9-10-18(19)25-20-12-17(22-14(2)23-20)16-7-5-4-6-8-16/h4-12H,3,13,21H2,1-2H3. The van der Waals surface area contributed by atoms with E-state index in [2.05, 4.69) is 9.97 Å². The van der Waals surface area contributed by atoms with E-state index in [-0.39, 0.29) is 0 Å². The maximum absolute atomic E-state index is 5.99. The van der Waals surface area contributed by atoms with E-state index in [1.165, 1.54) is 0 Å². The molecule has 128 valence electrons. The monoisotopic (exact) mass is 335 g/mol. The highest BCUT2D eigenvalue weighted by Crippen LogP contribution is 2.33. The predicted molar refractivity (Wildman–Crippen MR) is 97.8 cm³/mol. The van der Waals surface area contributed by atoms with E-state index < -0.39 is 0 Å². The van der Waals surface area contributed by atoms with Crippen LogP contribution in [0, 0.1) is 6.92 Å². The highest BCUT2D eigenvalue weighted by atomic mass is 16.5. The molecule has 0 unspecified atom stereocenters. The number of aromatic nitrogens is 2. The van der Waals surface area contributed by atoms with Crippen LogP contribution in [0.15, 0.2) is 54.6 Å². The fourth-order valence-electron chi connectivity index (χ4n) is 2.49. The molecule has 2 aromatic carbocycles. The Labute approximate surface area is 147 Å². The van der Waals surface area contributed by atoms with Crippen molar-refractivity contribution in [3.8, 4) is 28.6 Å². The van der Waals surface area contributed by atoms with Crippen LogP contribution in [0.2, 0.25) is 0 Å². The van der Waals surface area contributed by atoms with E-state index in [0.29, 0.717) is 36.4 Å². The maximum atomic E-state index is 5.99. The first-order valence-corrected chi connectivity index (χ1v) is 8.24. The molecule has 0 spiro atoms. The highest BCUT2D eigenvalue weighted by molar-refractivity contribution is 5.60. The third-order valence-corrected chi connectivity index (χ3v) is 3.64. The van der Waals surface area contributed by atoms with Crippen molar-refractivity contribution >= 4 is 0 Å². The van der Waals surface area contributed by atoms with Gasteiger partial charge in [-0.2, -0.15) is 4.98 Å². The molecule has 0 aliphatic heterocycles. The SMILES string of the molecule is CCOc1cc(CN)ccc1Oc1cc(-c2ccccc2)nc(C)n1. The molecule has 0 radical (unpaired) electrons. The molecule has 0 aliphatic rings. The van der Waals surface area contributed by atoms with Crippen molar-refractivity contribution in [3.63, 3.8) is 0 Å². The quantitative estimate of drug-likeness (QED) is 0.734. The lowest BCUT2D eigenvalue weighted by Gasteiger charge is -2.13. The molecule has 1 heterocycles. The van der Waals surface area contributed by atoms with Crippen molar-refractivity contribution in [3.05, 3.63) is 66.0 Å². The summed E-state index contributed by atoms with van der Waals surface area (Å²) in [6.07, 6.45) is 0. The van der Waals surface area contributed by atoms with Gasteiger partial charge in [0, 0.05) is 18.2 Å². The molecular formula is C20H21N3O2. The summed E-state index contributed by atoms with van der Waals surface area (Å²) in [5.41, 5.74) is 8.52. The van der Waals surface area contributed by atoms with Crippen LogP contribution >= 0.6 is 0 Å². The van der Waals surface area contributed by atoms with Gasteiger partial charge in [0.05, 0.1) is 12.3 Å². The molecule has 0 atom stereocenters. The third kappa shape index (κ3) is 4.14. The van der Waals surface area contributed by atoms with Gasteiger partial charge in [-0.15, -0.1) is 0 Å². The second-order valence-electron chi connectivity index (χ2n) is 5.52.